The van der Waals surface area contributed by atoms with Gasteiger partial charge < -0.3 is 9.88 Å². The quantitative estimate of drug-likeness (QED) is 0.738. The molecule has 0 saturated heterocycles. The van der Waals surface area contributed by atoms with Crippen LogP contribution in [0.3, 0.4) is 0 Å². The van der Waals surface area contributed by atoms with Gasteiger partial charge >= 0.3 is 0 Å². The van der Waals surface area contributed by atoms with Crippen molar-refractivity contribution in [3.05, 3.63) is 78.5 Å². The summed E-state index contributed by atoms with van der Waals surface area (Å²) in [6, 6.07) is 13.6. The maximum absolute atomic E-state index is 12.1. The first-order valence-electron chi connectivity index (χ1n) is 8.62. The van der Waals surface area contributed by atoms with Crippen molar-refractivity contribution in [2.75, 3.05) is 6.54 Å². The molecule has 132 valence electrons. The Morgan fingerprint density at radius 3 is 2.69 bits per heavy atom. The topological polar surface area (TPSA) is 59.8 Å². The molecule has 0 aliphatic carbocycles. The van der Waals surface area contributed by atoms with E-state index in [-0.39, 0.29) is 5.91 Å². The maximum atomic E-state index is 12.1. The normalized spacial score (nSPS) is 11.4. The molecule has 5 heteroatoms. The molecule has 0 fully saturated rings. The summed E-state index contributed by atoms with van der Waals surface area (Å²) in [5.74, 6) is -0.120. The predicted octanol–water partition coefficient (Wildman–Crippen LogP) is 3.80. The van der Waals surface area contributed by atoms with Crippen LogP contribution in [0.1, 0.15) is 29.9 Å². The fourth-order valence-electron chi connectivity index (χ4n) is 2.80. The summed E-state index contributed by atoms with van der Waals surface area (Å²) in [5.41, 5.74) is 4.84. The highest BCUT2D eigenvalue weighted by atomic mass is 16.1. The van der Waals surface area contributed by atoms with Crippen LogP contribution in [0.5, 0.6) is 0 Å². The summed E-state index contributed by atoms with van der Waals surface area (Å²) in [6.45, 7) is 5.26. The SMILES string of the molecule is CC=C(C)c1c(-c2ccccc2)ncn1CCNC(=O)c1cccnc1. The van der Waals surface area contributed by atoms with Gasteiger partial charge in [0, 0.05) is 31.0 Å². The van der Waals surface area contributed by atoms with Crippen molar-refractivity contribution in [1.29, 1.82) is 0 Å². The molecule has 1 amide bonds. The summed E-state index contributed by atoms with van der Waals surface area (Å²) in [5, 5.41) is 2.93. The molecule has 0 bridgehead atoms. The predicted molar refractivity (Wildman–Crippen MR) is 104 cm³/mol. The Labute approximate surface area is 153 Å². The molecular weight excluding hydrogens is 324 g/mol. The molecule has 0 unspecified atom stereocenters. The smallest absolute Gasteiger partial charge is 0.252 e. The molecule has 1 aromatic carbocycles. The monoisotopic (exact) mass is 346 g/mol. The highest BCUT2D eigenvalue weighted by molar-refractivity contribution is 5.93. The van der Waals surface area contributed by atoms with Gasteiger partial charge in [0.1, 0.15) is 0 Å². The van der Waals surface area contributed by atoms with Crippen LogP contribution in [0.2, 0.25) is 0 Å². The lowest BCUT2D eigenvalue weighted by atomic mass is 10.1. The van der Waals surface area contributed by atoms with E-state index in [0.717, 1.165) is 22.5 Å². The summed E-state index contributed by atoms with van der Waals surface area (Å²) in [7, 11) is 0. The van der Waals surface area contributed by atoms with Gasteiger partial charge in [-0.2, -0.15) is 0 Å². The van der Waals surface area contributed by atoms with Gasteiger partial charge in [0.2, 0.25) is 0 Å². The third-order valence-corrected chi connectivity index (χ3v) is 4.25. The first kappa shape index (κ1) is 17.6. The van der Waals surface area contributed by atoms with Gasteiger partial charge in [0.05, 0.1) is 23.3 Å². The highest BCUT2D eigenvalue weighted by Gasteiger charge is 2.14. The summed E-state index contributed by atoms with van der Waals surface area (Å²) < 4.78 is 2.08. The van der Waals surface area contributed by atoms with Crippen molar-refractivity contribution < 1.29 is 4.79 Å². The number of nitrogens with one attached hydrogen (secondary N) is 1. The van der Waals surface area contributed by atoms with E-state index >= 15 is 0 Å². The van der Waals surface area contributed by atoms with Crippen molar-refractivity contribution in [2.45, 2.75) is 20.4 Å². The number of hydrogen-bond acceptors (Lipinski definition) is 3. The van der Waals surface area contributed by atoms with Crippen LogP contribution in [0.4, 0.5) is 0 Å². The number of pyridine rings is 1. The van der Waals surface area contributed by atoms with E-state index < -0.39 is 0 Å². The number of hydrogen-bond donors (Lipinski definition) is 1. The molecule has 1 N–H and O–H groups in total. The lowest BCUT2D eigenvalue weighted by molar-refractivity contribution is 0.0952. The fourth-order valence-corrected chi connectivity index (χ4v) is 2.80. The zero-order chi connectivity index (χ0) is 18.4. The minimum atomic E-state index is -0.120. The Morgan fingerprint density at radius 2 is 2.00 bits per heavy atom. The van der Waals surface area contributed by atoms with Gasteiger partial charge in [0.15, 0.2) is 0 Å². The zero-order valence-corrected chi connectivity index (χ0v) is 15.0. The van der Waals surface area contributed by atoms with Crippen molar-refractivity contribution in [3.8, 4) is 11.3 Å². The molecule has 3 aromatic rings. The van der Waals surface area contributed by atoms with Gasteiger partial charge in [-0.15, -0.1) is 0 Å². The van der Waals surface area contributed by atoms with Gasteiger partial charge in [-0.25, -0.2) is 4.98 Å². The lowest BCUT2D eigenvalue weighted by Crippen LogP contribution is -2.27. The second-order valence-corrected chi connectivity index (χ2v) is 5.97. The molecule has 2 aromatic heterocycles. The lowest BCUT2D eigenvalue weighted by Gasteiger charge is -2.11. The van der Waals surface area contributed by atoms with E-state index in [1.807, 2.05) is 31.5 Å². The number of benzene rings is 1. The maximum Gasteiger partial charge on any atom is 0.252 e. The fraction of sp³-hybridized carbons (Fsp3) is 0.190. The molecule has 0 aliphatic heterocycles. The third-order valence-electron chi connectivity index (χ3n) is 4.25. The minimum absolute atomic E-state index is 0.120. The van der Waals surface area contributed by atoms with E-state index in [1.165, 1.54) is 0 Å². The van der Waals surface area contributed by atoms with Crippen molar-refractivity contribution >= 4 is 11.5 Å². The Bertz CT molecular complexity index is 898. The molecule has 5 nitrogen and oxygen atoms in total. The second-order valence-electron chi connectivity index (χ2n) is 5.97. The Morgan fingerprint density at radius 1 is 1.19 bits per heavy atom. The molecule has 2 heterocycles. The van der Waals surface area contributed by atoms with E-state index in [0.29, 0.717) is 18.7 Å². The van der Waals surface area contributed by atoms with Crippen LogP contribution in [0.25, 0.3) is 16.8 Å². The molecule has 26 heavy (non-hydrogen) atoms. The second kappa shape index (κ2) is 8.25. The molecule has 0 aliphatic rings. The standard InChI is InChI=1S/C21H22N4O/c1-3-16(2)20-19(17-8-5-4-6-9-17)24-15-25(20)13-12-23-21(26)18-10-7-11-22-14-18/h3-11,14-15H,12-13H2,1-2H3,(H,23,26). The first-order valence-corrected chi connectivity index (χ1v) is 8.62. The third kappa shape index (κ3) is 3.88. The molecule has 0 atom stereocenters. The van der Waals surface area contributed by atoms with Crippen molar-refractivity contribution in [1.82, 2.24) is 19.9 Å². The zero-order valence-electron chi connectivity index (χ0n) is 15.0. The van der Waals surface area contributed by atoms with Crippen LogP contribution in [-0.2, 0) is 6.54 Å². The van der Waals surface area contributed by atoms with Gasteiger partial charge in [-0.3, -0.25) is 9.78 Å². The van der Waals surface area contributed by atoms with Gasteiger partial charge in [-0.05, 0) is 31.6 Å². The largest absolute Gasteiger partial charge is 0.350 e. The molecular formula is C21H22N4O. The minimum Gasteiger partial charge on any atom is -0.350 e. The number of carbonyl (C=O) groups excluding carboxylic acids is 1. The number of aromatic nitrogens is 3. The number of rotatable bonds is 6. The summed E-state index contributed by atoms with van der Waals surface area (Å²) in [6.07, 6.45) is 7.13. The first-order chi connectivity index (χ1) is 12.7. The molecule has 0 spiro atoms. The average molecular weight is 346 g/mol. The molecule has 0 saturated carbocycles. The van der Waals surface area contributed by atoms with Gasteiger partial charge in [-0.1, -0.05) is 36.4 Å². The number of allylic oxidation sites excluding steroid dienone is 2. The van der Waals surface area contributed by atoms with E-state index in [1.54, 1.807) is 24.5 Å². The van der Waals surface area contributed by atoms with E-state index in [9.17, 15) is 4.79 Å². The molecule has 0 radical (unpaired) electrons. The van der Waals surface area contributed by atoms with Crippen LogP contribution in [0.15, 0.2) is 67.3 Å². The number of carbonyl (C=O) groups is 1. The van der Waals surface area contributed by atoms with E-state index in [2.05, 4.69) is 45.0 Å². The number of nitrogens with zero attached hydrogens (tertiary/aromatic N) is 3. The highest BCUT2D eigenvalue weighted by Crippen LogP contribution is 2.27. The Hall–Kier alpha value is -3.21. The van der Waals surface area contributed by atoms with E-state index in [4.69, 9.17) is 0 Å². The van der Waals surface area contributed by atoms with Crippen molar-refractivity contribution in [2.24, 2.45) is 0 Å². The van der Waals surface area contributed by atoms with Crippen LogP contribution < -0.4 is 5.32 Å². The number of imidazole rings is 1. The Kier molecular flexibility index (Phi) is 5.59. The van der Waals surface area contributed by atoms with Crippen molar-refractivity contribution in [3.63, 3.8) is 0 Å². The van der Waals surface area contributed by atoms with Crippen LogP contribution in [-0.4, -0.2) is 27.0 Å². The van der Waals surface area contributed by atoms with Crippen LogP contribution in [0, 0.1) is 0 Å². The van der Waals surface area contributed by atoms with Gasteiger partial charge in [0.25, 0.3) is 5.91 Å². The average Bonchev–Trinajstić information content (AvgIpc) is 3.12. The molecule has 3 rings (SSSR count). The van der Waals surface area contributed by atoms with Crippen LogP contribution >= 0.6 is 0 Å². The summed E-state index contributed by atoms with van der Waals surface area (Å²) >= 11 is 0. The Balaban J connectivity index is 1.76. The number of amides is 1. The summed E-state index contributed by atoms with van der Waals surface area (Å²) in [4.78, 5) is 20.7.